The van der Waals surface area contributed by atoms with Crippen LogP contribution in [-0.2, 0) is 15.2 Å². The summed E-state index contributed by atoms with van der Waals surface area (Å²) in [5, 5.41) is 9.56. The zero-order chi connectivity index (χ0) is 26.6. The molecule has 0 radical (unpaired) electrons. The lowest BCUT2D eigenvalue weighted by Crippen LogP contribution is -2.18. The number of hydrogen-bond acceptors (Lipinski definition) is 2. The molecule has 3 aromatic carbocycles. The molecule has 0 saturated heterocycles. The molecule has 0 bridgehead atoms. The number of nitrogens with zero attached hydrogens (tertiary/aromatic N) is 2. The minimum Gasteiger partial charge on any atom is -0.311 e. The lowest BCUT2D eigenvalue weighted by molar-refractivity contribution is 0.566. The minimum absolute atomic E-state index is 0.348. The Balaban J connectivity index is 2.09. The van der Waals surface area contributed by atoms with Gasteiger partial charge in [0.1, 0.15) is 0 Å². The molecule has 0 unspecified atom stereocenters. The third-order valence-electron chi connectivity index (χ3n) is 7.65. The van der Waals surface area contributed by atoms with Gasteiger partial charge in [0.2, 0.25) is 0 Å². The molecule has 0 aliphatic carbocycles. The van der Waals surface area contributed by atoms with E-state index in [9.17, 15) is 5.26 Å². The Kier molecular flexibility index (Phi) is 8.81. The summed E-state index contributed by atoms with van der Waals surface area (Å²) >= 11 is 13.8. The molecule has 0 atom stereocenters. The van der Waals surface area contributed by atoms with E-state index < -0.39 is 5.41 Å². The fourth-order valence-electron chi connectivity index (χ4n) is 4.67. The molecule has 0 saturated carbocycles. The summed E-state index contributed by atoms with van der Waals surface area (Å²) in [6, 6.07) is 27.8. The summed E-state index contributed by atoms with van der Waals surface area (Å²) in [7, 11) is 0. The summed E-state index contributed by atoms with van der Waals surface area (Å²) in [5.41, 5.74) is 5.85. The highest BCUT2D eigenvalue weighted by atomic mass is 35.5. The first-order chi connectivity index (χ1) is 17.1. The van der Waals surface area contributed by atoms with Crippen molar-refractivity contribution in [1.82, 2.24) is 0 Å². The van der Waals surface area contributed by atoms with Gasteiger partial charge in [-0.05, 0) is 92.6 Å². The minimum atomic E-state index is -0.541. The smallest absolute Gasteiger partial charge is 0.0766 e. The highest BCUT2D eigenvalue weighted by Crippen LogP contribution is 2.41. The number of halogens is 2. The van der Waals surface area contributed by atoms with Gasteiger partial charge in [0.05, 0.1) is 21.2 Å². The maximum absolute atomic E-state index is 9.56. The average Bonchev–Trinajstić information content (AvgIpc) is 2.93. The topological polar surface area (TPSA) is 27.0 Å². The SMILES string of the molecule is CCC(Cl)(CC)c1ccc(N(c2ccc(C(C)(C)C#N)cc2)c2ccc(C(Cl)(CC)CC)cc2)cc1. The van der Waals surface area contributed by atoms with Crippen molar-refractivity contribution in [2.75, 3.05) is 4.90 Å². The Hall–Kier alpha value is -2.47. The number of anilines is 3. The lowest BCUT2D eigenvalue weighted by atomic mass is 9.86. The van der Waals surface area contributed by atoms with Crippen molar-refractivity contribution in [3.05, 3.63) is 89.5 Å². The van der Waals surface area contributed by atoms with Gasteiger partial charge in [0, 0.05) is 17.1 Å². The summed E-state index contributed by atoms with van der Waals surface area (Å²) < 4.78 is 0. The van der Waals surface area contributed by atoms with Gasteiger partial charge in [0.25, 0.3) is 0 Å². The molecular formula is C32H38Cl2N2. The first kappa shape index (κ1) is 28.1. The number of alkyl halides is 2. The van der Waals surface area contributed by atoms with Crippen LogP contribution in [0.15, 0.2) is 72.8 Å². The lowest BCUT2D eigenvalue weighted by Gasteiger charge is -2.30. The molecule has 0 fully saturated rings. The molecule has 0 N–H and O–H groups in total. The monoisotopic (exact) mass is 520 g/mol. The van der Waals surface area contributed by atoms with Crippen molar-refractivity contribution in [3.63, 3.8) is 0 Å². The summed E-state index contributed by atoms with van der Waals surface area (Å²) in [6.07, 6.45) is 3.50. The summed E-state index contributed by atoms with van der Waals surface area (Å²) in [5.74, 6) is 0. The van der Waals surface area contributed by atoms with Gasteiger partial charge < -0.3 is 4.90 Å². The Labute approximate surface area is 227 Å². The molecule has 0 aromatic heterocycles. The van der Waals surface area contributed by atoms with Crippen LogP contribution in [-0.4, -0.2) is 0 Å². The Bertz CT molecular complexity index is 1100. The maximum Gasteiger partial charge on any atom is 0.0766 e. The zero-order valence-electron chi connectivity index (χ0n) is 22.4. The highest BCUT2D eigenvalue weighted by molar-refractivity contribution is 6.24. The van der Waals surface area contributed by atoms with Crippen LogP contribution in [0.4, 0.5) is 17.1 Å². The molecule has 4 heteroatoms. The van der Waals surface area contributed by atoms with Gasteiger partial charge in [-0.1, -0.05) is 64.1 Å². The van der Waals surface area contributed by atoms with Crippen molar-refractivity contribution in [2.24, 2.45) is 0 Å². The van der Waals surface area contributed by atoms with E-state index >= 15 is 0 Å². The quantitative estimate of drug-likeness (QED) is 0.248. The van der Waals surface area contributed by atoms with Gasteiger partial charge >= 0.3 is 0 Å². The molecule has 3 rings (SSSR count). The number of nitriles is 1. The van der Waals surface area contributed by atoms with E-state index in [1.165, 1.54) is 0 Å². The molecule has 3 aromatic rings. The molecule has 0 aliphatic rings. The van der Waals surface area contributed by atoms with Crippen LogP contribution < -0.4 is 4.90 Å². The van der Waals surface area contributed by atoms with Crippen LogP contribution in [0.1, 0.15) is 83.9 Å². The van der Waals surface area contributed by atoms with Crippen molar-refractivity contribution in [3.8, 4) is 6.07 Å². The van der Waals surface area contributed by atoms with E-state index in [4.69, 9.17) is 23.2 Å². The Morgan fingerprint density at radius 2 is 0.861 bits per heavy atom. The van der Waals surface area contributed by atoms with Crippen LogP contribution in [0.3, 0.4) is 0 Å². The van der Waals surface area contributed by atoms with E-state index in [1.807, 2.05) is 26.0 Å². The summed E-state index contributed by atoms with van der Waals surface area (Å²) in [6.45, 7) is 12.4. The molecule has 0 aliphatic heterocycles. The predicted octanol–water partition coefficient (Wildman–Crippen LogP) is 10.5. The van der Waals surface area contributed by atoms with Gasteiger partial charge in [-0.25, -0.2) is 0 Å². The van der Waals surface area contributed by atoms with E-state index in [0.29, 0.717) is 0 Å². The molecule has 0 heterocycles. The largest absolute Gasteiger partial charge is 0.311 e. The van der Waals surface area contributed by atoms with Crippen LogP contribution in [0.2, 0.25) is 0 Å². The normalized spacial score (nSPS) is 12.3. The molecule has 2 nitrogen and oxygen atoms in total. The van der Waals surface area contributed by atoms with Crippen LogP contribution in [0.25, 0.3) is 0 Å². The molecular weight excluding hydrogens is 483 g/mol. The standard InChI is InChI=1S/C32H38Cl2N2/c1-7-31(33,8-2)25-13-19-28(20-14-25)36(27-17-11-24(12-18-27)30(5,6)23-35)29-21-15-26(16-22-29)32(34,9-3)10-4/h11-22H,7-10H2,1-6H3. The van der Waals surface area contributed by atoms with Crippen LogP contribution in [0.5, 0.6) is 0 Å². The molecule has 0 amide bonds. The van der Waals surface area contributed by atoms with Crippen LogP contribution in [0, 0.1) is 11.3 Å². The molecule has 190 valence electrons. The fourth-order valence-corrected chi connectivity index (χ4v) is 4.93. The number of benzene rings is 3. The molecule has 36 heavy (non-hydrogen) atoms. The van der Waals surface area contributed by atoms with E-state index in [0.717, 1.165) is 59.4 Å². The van der Waals surface area contributed by atoms with Crippen molar-refractivity contribution < 1.29 is 0 Å². The van der Waals surface area contributed by atoms with Crippen molar-refractivity contribution in [1.29, 1.82) is 5.26 Å². The fraction of sp³-hybridized carbons (Fsp3) is 0.406. The third-order valence-corrected chi connectivity index (χ3v) is 9.16. The predicted molar refractivity (Wildman–Crippen MR) is 156 cm³/mol. The summed E-state index contributed by atoms with van der Waals surface area (Å²) in [4.78, 5) is 1.54. The first-order valence-corrected chi connectivity index (χ1v) is 13.7. The van der Waals surface area contributed by atoms with Gasteiger partial charge in [-0.15, -0.1) is 23.2 Å². The van der Waals surface area contributed by atoms with Gasteiger partial charge in [-0.3, -0.25) is 0 Å². The van der Waals surface area contributed by atoms with Crippen molar-refractivity contribution in [2.45, 2.75) is 82.4 Å². The van der Waals surface area contributed by atoms with Gasteiger partial charge in [0.15, 0.2) is 0 Å². The number of hydrogen-bond donors (Lipinski definition) is 0. The average molecular weight is 522 g/mol. The second-order valence-electron chi connectivity index (χ2n) is 10.1. The van der Waals surface area contributed by atoms with E-state index in [2.05, 4.69) is 99.3 Å². The zero-order valence-corrected chi connectivity index (χ0v) is 23.9. The Morgan fingerprint density at radius 1 is 0.583 bits per heavy atom. The van der Waals surface area contributed by atoms with Crippen molar-refractivity contribution >= 4 is 40.3 Å². The first-order valence-electron chi connectivity index (χ1n) is 13.0. The molecule has 0 spiro atoms. The van der Waals surface area contributed by atoms with E-state index in [1.54, 1.807) is 0 Å². The third kappa shape index (κ3) is 5.59. The highest BCUT2D eigenvalue weighted by Gasteiger charge is 2.27. The Morgan fingerprint density at radius 3 is 1.11 bits per heavy atom. The second-order valence-corrected chi connectivity index (χ2v) is 11.5. The second kappa shape index (κ2) is 11.3. The van der Waals surface area contributed by atoms with E-state index in [-0.39, 0.29) is 9.75 Å². The van der Waals surface area contributed by atoms with Crippen LogP contribution >= 0.6 is 23.2 Å². The maximum atomic E-state index is 9.56. The number of rotatable bonds is 10. The van der Waals surface area contributed by atoms with Gasteiger partial charge in [-0.2, -0.15) is 5.26 Å².